The van der Waals surface area contributed by atoms with Crippen molar-refractivity contribution in [1.82, 2.24) is 10.2 Å². The molecule has 0 aromatic heterocycles. The highest BCUT2D eigenvalue weighted by molar-refractivity contribution is 4.91. The molecule has 1 fully saturated rings. The normalized spacial score (nSPS) is 24.3. The summed E-state index contributed by atoms with van der Waals surface area (Å²) in [4.78, 5) is 2.55. The number of nitrogens with zero attached hydrogens (tertiary/aromatic N) is 1. The van der Waals surface area contributed by atoms with Crippen LogP contribution in [-0.4, -0.2) is 47.3 Å². The summed E-state index contributed by atoms with van der Waals surface area (Å²) in [5.41, 5.74) is 0.342. The minimum atomic E-state index is -0.185. The Hall–Kier alpha value is -0.120. The molecule has 1 rings (SSSR count). The van der Waals surface area contributed by atoms with Gasteiger partial charge in [0.2, 0.25) is 0 Å². The summed E-state index contributed by atoms with van der Waals surface area (Å²) in [5.74, 6) is 0. The van der Waals surface area contributed by atoms with Gasteiger partial charge in [-0.3, -0.25) is 0 Å². The number of aliphatic hydroxyl groups excluding tert-OH is 1. The summed E-state index contributed by atoms with van der Waals surface area (Å²) in [6.07, 6.45) is 6.26. The van der Waals surface area contributed by atoms with E-state index in [4.69, 9.17) is 0 Å². The fraction of sp³-hybridized carbons (Fsp3) is 1.00. The predicted octanol–water partition coefficient (Wildman–Crippen LogP) is 3.41. The standard InChI is InChI=1S/C18H38N2O/c1-14(2)19-18(6,13-21)12-15(3)20(7)16-8-10-17(4,5)11-9-16/h14-16,19,21H,8-13H2,1-7H3. The SMILES string of the molecule is CC(C)NC(C)(CO)CC(C)N(C)C1CCC(C)(C)CC1. The van der Waals surface area contributed by atoms with Crippen molar-refractivity contribution in [3.8, 4) is 0 Å². The van der Waals surface area contributed by atoms with Gasteiger partial charge in [-0.15, -0.1) is 0 Å². The number of hydrogen-bond acceptors (Lipinski definition) is 3. The first kappa shape index (κ1) is 18.9. The lowest BCUT2D eigenvalue weighted by atomic mass is 9.75. The van der Waals surface area contributed by atoms with E-state index >= 15 is 0 Å². The maximum atomic E-state index is 9.76. The Morgan fingerprint density at radius 1 is 1.24 bits per heavy atom. The van der Waals surface area contributed by atoms with Gasteiger partial charge in [0.1, 0.15) is 0 Å². The van der Waals surface area contributed by atoms with Gasteiger partial charge in [-0.25, -0.2) is 0 Å². The average Bonchev–Trinajstić information content (AvgIpc) is 2.36. The molecule has 2 unspecified atom stereocenters. The number of nitrogens with one attached hydrogen (secondary N) is 1. The molecule has 3 nitrogen and oxygen atoms in total. The summed E-state index contributed by atoms with van der Waals surface area (Å²) in [5, 5.41) is 13.3. The highest BCUT2D eigenvalue weighted by atomic mass is 16.3. The fourth-order valence-corrected chi connectivity index (χ4v) is 3.81. The zero-order valence-electron chi connectivity index (χ0n) is 15.4. The van der Waals surface area contributed by atoms with E-state index < -0.39 is 0 Å². The zero-order chi connectivity index (χ0) is 16.3. The molecule has 0 aromatic rings. The molecular formula is C18H38N2O. The van der Waals surface area contributed by atoms with E-state index in [0.29, 0.717) is 23.5 Å². The van der Waals surface area contributed by atoms with Crippen LogP contribution in [0.4, 0.5) is 0 Å². The number of rotatable bonds is 7. The molecule has 0 heterocycles. The van der Waals surface area contributed by atoms with Crippen LogP contribution >= 0.6 is 0 Å². The molecule has 0 radical (unpaired) electrons. The van der Waals surface area contributed by atoms with Crippen molar-refractivity contribution in [2.75, 3.05) is 13.7 Å². The fourth-order valence-electron chi connectivity index (χ4n) is 3.81. The minimum absolute atomic E-state index is 0.185. The molecule has 1 saturated carbocycles. The molecule has 21 heavy (non-hydrogen) atoms. The molecule has 0 aliphatic heterocycles. The van der Waals surface area contributed by atoms with E-state index in [9.17, 15) is 5.11 Å². The zero-order valence-corrected chi connectivity index (χ0v) is 15.4. The van der Waals surface area contributed by atoms with Gasteiger partial charge < -0.3 is 15.3 Å². The van der Waals surface area contributed by atoms with Crippen LogP contribution in [0.3, 0.4) is 0 Å². The topological polar surface area (TPSA) is 35.5 Å². The van der Waals surface area contributed by atoms with Gasteiger partial charge in [0.15, 0.2) is 0 Å². The Morgan fingerprint density at radius 2 is 1.76 bits per heavy atom. The molecule has 2 N–H and O–H groups in total. The molecule has 3 heteroatoms. The van der Waals surface area contributed by atoms with Crippen LogP contribution in [0.5, 0.6) is 0 Å². The first-order chi connectivity index (χ1) is 9.58. The van der Waals surface area contributed by atoms with Crippen LogP contribution < -0.4 is 5.32 Å². The lowest BCUT2D eigenvalue weighted by Gasteiger charge is -2.43. The molecule has 126 valence electrons. The van der Waals surface area contributed by atoms with Gasteiger partial charge in [0.05, 0.1) is 6.61 Å². The minimum Gasteiger partial charge on any atom is -0.394 e. The van der Waals surface area contributed by atoms with Crippen molar-refractivity contribution in [2.24, 2.45) is 5.41 Å². The first-order valence-corrected chi connectivity index (χ1v) is 8.69. The van der Waals surface area contributed by atoms with Gasteiger partial charge in [-0.05, 0) is 58.4 Å². The second-order valence-electron chi connectivity index (χ2n) is 8.63. The predicted molar refractivity (Wildman–Crippen MR) is 91.6 cm³/mol. The molecule has 0 bridgehead atoms. The van der Waals surface area contributed by atoms with E-state index in [1.165, 1.54) is 25.7 Å². The van der Waals surface area contributed by atoms with Gasteiger partial charge in [0, 0.05) is 23.7 Å². The van der Waals surface area contributed by atoms with Crippen molar-refractivity contribution in [2.45, 2.75) is 97.3 Å². The molecule has 0 aromatic carbocycles. The molecule has 0 amide bonds. The third-order valence-corrected chi connectivity index (χ3v) is 5.31. The van der Waals surface area contributed by atoms with Gasteiger partial charge in [-0.2, -0.15) is 0 Å². The lowest BCUT2D eigenvalue weighted by Crippen LogP contribution is -2.54. The van der Waals surface area contributed by atoms with E-state index in [1.807, 2.05) is 0 Å². The Bertz CT molecular complexity index is 306. The quantitative estimate of drug-likeness (QED) is 0.756. The lowest BCUT2D eigenvalue weighted by molar-refractivity contribution is 0.0688. The Morgan fingerprint density at radius 3 is 2.19 bits per heavy atom. The largest absolute Gasteiger partial charge is 0.394 e. The van der Waals surface area contributed by atoms with Crippen LogP contribution in [0.1, 0.15) is 73.6 Å². The smallest absolute Gasteiger partial charge is 0.0611 e. The summed E-state index contributed by atoms with van der Waals surface area (Å²) in [7, 11) is 2.26. The molecule has 1 aliphatic rings. The molecule has 1 aliphatic carbocycles. The van der Waals surface area contributed by atoms with Crippen molar-refractivity contribution >= 4 is 0 Å². The maximum Gasteiger partial charge on any atom is 0.0611 e. The third-order valence-electron chi connectivity index (χ3n) is 5.31. The summed E-state index contributed by atoms with van der Waals surface area (Å²) < 4.78 is 0. The Kier molecular flexibility index (Phi) is 6.70. The van der Waals surface area contributed by atoms with Gasteiger partial charge in [0.25, 0.3) is 0 Å². The highest BCUT2D eigenvalue weighted by Gasteiger charge is 2.33. The van der Waals surface area contributed by atoms with Crippen LogP contribution in [-0.2, 0) is 0 Å². The van der Waals surface area contributed by atoms with Crippen LogP contribution in [0.25, 0.3) is 0 Å². The maximum absolute atomic E-state index is 9.76. The average molecular weight is 299 g/mol. The van der Waals surface area contributed by atoms with E-state index in [2.05, 4.69) is 58.8 Å². The van der Waals surface area contributed by atoms with Gasteiger partial charge >= 0.3 is 0 Å². The Balaban J connectivity index is 2.55. The van der Waals surface area contributed by atoms with Crippen molar-refractivity contribution in [3.63, 3.8) is 0 Å². The van der Waals surface area contributed by atoms with E-state index in [1.54, 1.807) is 0 Å². The van der Waals surface area contributed by atoms with Crippen LogP contribution in [0.2, 0.25) is 0 Å². The summed E-state index contributed by atoms with van der Waals surface area (Å²) in [6, 6.07) is 1.59. The first-order valence-electron chi connectivity index (χ1n) is 8.69. The van der Waals surface area contributed by atoms with E-state index in [-0.39, 0.29) is 12.1 Å². The molecular weight excluding hydrogens is 260 g/mol. The molecule has 2 atom stereocenters. The second kappa shape index (κ2) is 7.43. The van der Waals surface area contributed by atoms with Crippen molar-refractivity contribution in [3.05, 3.63) is 0 Å². The van der Waals surface area contributed by atoms with Crippen LogP contribution in [0, 0.1) is 5.41 Å². The molecule has 0 saturated heterocycles. The Labute approximate surface area is 132 Å². The third kappa shape index (κ3) is 5.88. The number of aliphatic hydroxyl groups is 1. The van der Waals surface area contributed by atoms with Gasteiger partial charge in [-0.1, -0.05) is 27.7 Å². The summed E-state index contributed by atoms with van der Waals surface area (Å²) in [6.45, 7) is 13.7. The highest BCUT2D eigenvalue weighted by Crippen LogP contribution is 2.37. The van der Waals surface area contributed by atoms with Crippen molar-refractivity contribution < 1.29 is 5.11 Å². The second-order valence-corrected chi connectivity index (χ2v) is 8.63. The monoisotopic (exact) mass is 298 g/mol. The van der Waals surface area contributed by atoms with Crippen LogP contribution in [0.15, 0.2) is 0 Å². The molecule has 0 spiro atoms. The van der Waals surface area contributed by atoms with E-state index in [0.717, 1.165) is 6.42 Å². The summed E-state index contributed by atoms with van der Waals surface area (Å²) >= 11 is 0. The number of hydrogen-bond donors (Lipinski definition) is 2. The van der Waals surface area contributed by atoms with Crippen molar-refractivity contribution in [1.29, 1.82) is 0 Å².